The Morgan fingerprint density at radius 2 is 1.77 bits per heavy atom. The molecule has 9 rings (SSSR count). The normalized spacial score (nSPS) is 16.8. The first-order valence-electron chi connectivity index (χ1n) is 19.0. The van der Waals surface area contributed by atoms with Crippen molar-refractivity contribution in [2.75, 3.05) is 11.0 Å². The second kappa shape index (κ2) is 15.2. The molecule has 3 atom stereocenters. The lowest BCUT2D eigenvalue weighted by Gasteiger charge is -2.24. The van der Waals surface area contributed by atoms with Gasteiger partial charge in [0, 0.05) is 36.6 Å². The molecule has 23 heteroatoms. The summed E-state index contributed by atoms with van der Waals surface area (Å²) in [5.41, 5.74) is -3.34. The number of aryl methyl sites for hydroxylation is 1. The van der Waals surface area contributed by atoms with Crippen LogP contribution in [0, 0.1) is 34.7 Å². The highest BCUT2D eigenvalue weighted by Crippen LogP contribution is 2.68. The van der Waals surface area contributed by atoms with Gasteiger partial charge in [0.05, 0.1) is 50.6 Å². The van der Waals surface area contributed by atoms with E-state index >= 15 is 8.78 Å². The maximum Gasteiger partial charge on any atom is 0.293 e. The minimum Gasteiger partial charge on any atom is -0.344 e. The first-order valence-corrected chi connectivity index (χ1v) is 21.3. The number of hydrogen-bond acceptors (Lipinski definition) is 9. The Bertz CT molecular complexity index is 3350. The van der Waals surface area contributed by atoms with Gasteiger partial charge in [-0.3, -0.25) is 28.2 Å². The number of nitriles is 1. The third-order valence-corrected chi connectivity index (χ3v) is 11.9. The van der Waals surface area contributed by atoms with Crippen molar-refractivity contribution in [2.45, 2.75) is 43.7 Å². The second-order valence-corrected chi connectivity index (χ2v) is 17.6. The molecule has 3 aromatic carbocycles. The highest BCUT2D eigenvalue weighted by molar-refractivity contribution is 7.92. The Labute approximate surface area is 361 Å². The van der Waals surface area contributed by atoms with Crippen molar-refractivity contribution < 1.29 is 43.9 Å². The lowest BCUT2D eigenvalue weighted by molar-refractivity contribution is -0.123. The summed E-state index contributed by atoms with van der Waals surface area (Å²) in [6, 6.07) is 11.5. The second-order valence-electron chi connectivity index (χ2n) is 15.4. The van der Waals surface area contributed by atoms with E-state index in [4.69, 9.17) is 16.6 Å². The zero-order valence-corrected chi connectivity index (χ0v) is 34.4. The van der Waals surface area contributed by atoms with Crippen molar-refractivity contribution >= 4 is 55.3 Å². The average Bonchev–Trinajstić information content (AvgIpc) is 3.76. The number of rotatable bonds is 11. The number of sulfonamides is 1. The zero-order valence-electron chi connectivity index (χ0n) is 32.8. The fourth-order valence-corrected chi connectivity index (χ4v) is 9.13. The molecule has 0 spiro atoms. The molecule has 0 bridgehead atoms. The molecule has 0 radical (unpaired) electrons. The van der Waals surface area contributed by atoms with Crippen LogP contribution in [0.3, 0.4) is 0 Å². The Morgan fingerprint density at radius 3 is 2.45 bits per heavy atom. The van der Waals surface area contributed by atoms with Gasteiger partial charge in [0.15, 0.2) is 11.5 Å². The maximum absolute atomic E-state index is 15.5. The topological polar surface area (TPSA) is 182 Å². The molecule has 0 saturated heterocycles. The third kappa shape index (κ3) is 7.27. The molecule has 7 aromatic rings. The quantitative estimate of drug-likeness (QED) is 0.128. The minimum atomic E-state index is -3.95. The third-order valence-electron chi connectivity index (χ3n) is 11.0. The molecule has 14 nitrogen and oxygen atoms in total. The number of carbonyl (C=O) groups is 1. The van der Waals surface area contributed by atoms with E-state index < -0.39 is 99.3 Å². The summed E-state index contributed by atoms with van der Waals surface area (Å²) in [6.07, 6.45) is -2.96. The van der Waals surface area contributed by atoms with Gasteiger partial charge in [-0.2, -0.15) is 24.2 Å². The molecule has 1 saturated carbocycles. The van der Waals surface area contributed by atoms with Crippen molar-refractivity contribution in [3.05, 3.63) is 127 Å². The van der Waals surface area contributed by atoms with Gasteiger partial charge in [-0.15, -0.1) is 0 Å². The standard InChI is InChI=1S/C41H28ClF7N10O4S/c1-57-34-29(8-5-25(42)32(34)38(55-57)56-64(2,62)63)59-39(53-37-22(40(59)61)4-7-27(52-37)18-3-6-26(45)19(12-18)15-50)28(11-17-9-20(43)13-21(44)10-17)51-30(60)16-58-35-31(33(54-58)36(46)47)23-14-24(23)41(35,48)49/h3-10,12-13,23-24,28,36H,11,14,16H2,1-2H3,(H,51,60)(H,55,56)/t23?,24?,28-/m0/s1. The SMILES string of the molecule is Cn1nc(NS(C)(=O)=O)c2c(Cl)ccc(-n3c([C@H](Cc4cc(F)cc(F)c4)NC(=O)Cn4nc(C(F)F)c5c4C(F)(F)C4CC54)nc4nc(-c5ccc(F)c(C#N)c5)ccc4c3=O)c21. The van der Waals surface area contributed by atoms with E-state index in [2.05, 4.69) is 25.2 Å². The van der Waals surface area contributed by atoms with E-state index in [0.717, 1.165) is 29.0 Å². The fraction of sp³-hybridized carbons (Fsp3) is 0.244. The monoisotopic (exact) mass is 924 g/mol. The molecule has 2 unspecified atom stereocenters. The van der Waals surface area contributed by atoms with Gasteiger partial charge < -0.3 is 5.32 Å². The lowest BCUT2D eigenvalue weighted by Crippen LogP contribution is -2.38. The first-order chi connectivity index (χ1) is 30.2. The molecule has 1 fully saturated rings. The summed E-state index contributed by atoms with van der Waals surface area (Å²) in [7, 11) is -2.55. The number of anilines is 1. The van der Waals surface area contributed by atoms with E-state index in [1.54, 1.807) is 6.07 Å². The van der Waals surface area contributed by atoms with Crippen LogP contribution in [0.4, 0.5) is 36.6 Å². The number of benzene rings is 3. The van der Waals surface area contributed by atoms with Gasteiger partial charge in [-0.05, 0) is 72.5 Å². The average molecular weight is 925 g/mol. The van der Waals surface area contributed by atoms with Crippen LogP contribution in [0.2, 0.25) is 5.02 Å². The van der Waals surface area contributed by atoms with Crippen LogP contribution in [-0.4, -0.2) is 54.7 Å². The number of aromatic nitrogens is 7. The van der Waals surface area contributed by atoms with E-state index in [0.29, 0.717) is 10.7 Å². The molecule has 4 heterocycles. The van der Waals surface area contributed by atoms with E-state index in [9.17, 15) is 45.2 Å². The van der Waals surface area contributed by atoms with E-state index in [1.165, 1.54) is 48.1 Å². The van der Waals surface area contributed by atoms with Crippen molar-refractivity contribution in [3.63, 3.8) is 0 Å². The van der Waals surface area contributed by atoms with E-state index in [1.807, 2.05) is 0 Å². The highest BCUT2D eigenvalue weighted by atomic mass is 35.5. The Balaban J connectivity index is 1.27. The summed E-state index contributed by atoms with van der Waals surface area (Å²) in [5, 5.41) is 19.9. The number of fused-ring (bicyclic) bond motifs is 5. The van der Waals surface area contributed by atoms with Crippen LogP contribution in [0.25, 0.3) is 38.9 Å². The number of carbonyl (C=O) groups excluding carboxylic acids is 1. The van der Waals surface area contributed by atoms with Gasteiger partial charge in [0.25, 0.3) is 17.9 Å². The largest absolute Gasteiger partial charge is 0.344 e. The van der Waals surface area contributed by atoms with Gasteiger partial charge >= 0.3 is 0 Å². The molecular weight excluding hydrogens is 897 g/mol. The number of hydrogen-bond donors (Lipinski definition) is 2. The van der Waals surface area contributed by atoms with Crippen LogP contribution in [0.1, 0.15) is 58.7 Å². The first kappa shape index (κ1) is 42.4. The van der Waals surface area contributed by atoms with Crippen LogP contribution in [0.5, 0.6) is 0 Å². The number of alkyl halides is 4. The molecule has 64 heavy (non-hydrogen) atoms. The smallest absolute Gasteiger partial charge is 0.293 e. The maximum atomic E-state index is 15.5. The summed E-state index contributed by atoms with van der Waals surface area (Å²) < 4.78 is 133. The summed E-state index contributed by atoms with van der Waals surface area (Å²) in [6.45, 7) is -1.04. The number of nitrogens with one attached hydrogen (secondary N) is 2. The summed E-state index contributed by atoms with van der Waals surface area (Å²) >= 11 is 6.60. The predicted molar refractivity (Wildman–Crippen MR) is 216 cm³/mol. The Morgan fingerprint density at radius 1 is 1.03 bits per heavy atom. The highest BCUT2D eigenvalue weighted by Gasteiger charge is 2.67. The molecular formula is C41H28ClF7N10O4S. The number of pyridine rings is 1. The molecule has 2 aliphatic carbocycles. The minimum absolute atomic E-state index is 0.0113. The van der Waals surface area contributed by atoms with Gasteiger partial charge in [0.1, 0.15) is 47.3 Å². The molecule has 1 amide bonds. The predicted octanol–water partition coefficient (Wildman–Crippen LogP) is 7.09. The Hall–Kier alpha value is -6.86. The Kier molecular flexibility index (Phi) is 10.0. The number of halogens is 8. The lowest BCUT2D eigenvalue weighted by atomic mass is 10.0. The molecule has 2 aliphatic rings. The number of amides is 1. The van der Waals surface area contributed by atoms with Crippen LogP contribution < -0.4 is 15.6 Å². The van der Waals surface area contributed by atoms with Crippen molar-refractivity contribution in [3.8, 4) is 23.0 Å². The number of nitrogens with zero attached hydrogens (tertiary/aromatic N) is 8. The van der Waals surface area contributed by atoms with Crippen molar-refractivity contribution in [1.29, 1.82) is 5.26 Å². The van der Waals surface area contributed by atoms with Gasteiger partial charge in [-0.1, -0.05) is 11.6 Å². The molecule has 0 aliphatic heterocycles. The van der Waals surface area contributed by atoms with Gasteiger partial charge in [0.2, 0.25) is 15.9 Å². The van der Waals surface area contributed by atoms with Crippen LogP contribution >= 0.6 is 11.6 Å². The summed E-state index contributed by atoms with van der Waals surface area (Å²) in [4.78, 5) is 38.3. The zero-order chi connectivity index (χ0) is 45.7. The summed E-state index contributed by atoms with van der Waals surface area (Å²) in [5.74, 6) is -10.3. The van der Waals surface area contributed by atoms with Crippen molar-refractivity contribution in [2.24, 2.45) is 13.0 Å². The fourth-order valence-electron chi connectivity index (χ4n) is 8.39. The molecule has 328 valence electrons. The molecule has 2 N–H and O–H groups in total. The van der Waals surface area contributed by atoms with Crippen LogP contribution in [0.15, 0.2) is 65.5 Å². The van der Waals surface area contributed by atoms with E-state index in [-0.39, 0.29) is 72.8 Å². The van der Waals surface area contributed by atoms with Crippen LogP contribution in [-0.2, 0) is 40.8 Å². The van der Waals surface area contributed by atoms with Crippen molar-refractivity contribution in [1.82, 2.24) is 39.4 Å². The van der Waals surface area contributed by atoms with Gasteiger partial charge in [-0.25, -0.2) is 40.3 Å². The molecule has 4 aromatic heterocycles.